The molecule has 2 fully saturated rings. The standard InChI is InChI=1S/C13H28O3Si2/c1-6-11(15-13-7-9-14-13)12-8-10-17(2,3)18(4,5)16-12/h11-13H,6-10H2,1-5H3. The maximum absolute atomic E-state index is 6.53. The van der Waals surface area contributed by atoms with Gasteiger partial charge in [-0.05, 0) is 25.9 Å². The van der Waals surface area contributed by atoms with Gasteiger partial charge in [-0.2, -0.15) is 0 Å². The smallest absolute Gasteiger partial charge is 0.174 e. The minimum atomic E-state index is -1.49. The second-order valence-electron chi connectivity index (χ2n) is 6.76. The summed E-state index contributed by atoms with van der Waals surface area (Å²) in [6.07, 6.45) is 3.83. The molecule has 18 heavy (non-hydrogen) atoms. The van der Waals surface area contributed by atoms with Gasteiger partial charge in [0.2, 0.25) is 0 Å². The highest BCUT2D eigenvalue weighted by Crippen LogP contribution is 2.36. The molecule has 2 heterocycles. The maximum Gasteiger partial charge on any atom is 0.174 e. The number of ether oxygens (including phenoxy) is 2. The summed E-state index contributed by atoms with van der Waals surface area (Å²) in [7, 11) is -2.61. The van der Waals surface area contributed by atoms with Gasteiger partial charge >= 0.3 is 0 Å². The van der Waals surface area contributed by atoms with E-state index in [9.17, 15) is 0 Å². The molecule has 106 valence electrons. The van der Waals surface area contributed by atoms with Crippen molar-refractivity contribution in [3.63, 3.8) is 0 Å². The minimum Gasteiger partial charge on any atom is -0.415 e. The van der Waals surface area contributed by atoms with E-state index in [1.165, 1.54) is 12.5 Å². The summed E-state index contributed by atoms with van der Waals surface area (Å²) >= 11 is 0. The lowest BCUT2D eigenvalue weighted by Crippen LogP contribution is -2.63. The molecule has 3 atom stereocenters. The summed E-state index contributed by atoms with van der Waals surface area (Å²) in [6.45, 7) is 12.8. The number of hydrogen-bond acceptors (Lipinski definition) is 3. The Bertz CT molecular complexity index is 290. The van der Waals surface area contributed by atoms with E-state index in [1.807, 2.05) is 0 Å². The van der Waals surface area contributed by atoms with Crippen LogP contribution in [-0.2, 0) is 13.9 Å². The second-order valence-corrected chi connectivity index (χ2v) is 22.0. The molecule has 0 N–H and O–H groups in total. The number of hydrogen-bond donors (Lipinski definition) is 0. The molecule has 3 unspecified atom stereocenters. The Labute approximate surface area is 113 Å². The average molecular weight is 289 g/mol. The van der Waals surface area contributed by atoms with Gasteiger partial charge in [-0.15, -0.1) is 0 Å². The molecule has 2 aliphatic rings. The van der Waals surface area contributed by atoms with E-state index in [0.717, 1.165) is 19.4 Å². The van der Waals surface area contributed by atoms with Crippen LogP contribution in [0.3, 0.4) is 0 Å². The molecule has 5 heteroatoms. The maximum atomic E-state index is 6.53. The fourth-order valence-electron chi connectivity index (χ4n) is 2.63. The highest BCUT2D eigenvalue weighted by atomic mass is 29.3. The Morgan fingerprint density at radius 3 is 2.33 bits per heavy atom. The van der Waals surface area contributed by atoms with Crippen molar-refractivity contribution >= 4 is 15.4 Å². The van der Waals surface area contributed by atoms with Crippen LogP contribution in [0.2, 0.25) is 32.2 Å². The zero-order chi connectivity index (χ0) is 13.4. The van der Waals surface area contributed by atoms with Gasteiger partial charge in [-0.25, -0.2) is 0 Å². The van der Waals surface area contributed by atoms with Crippen molar-refractivity contribution < 1.29 is 13.9 Å². The van der Waals surface area contributed by atoms with Crippen molar-refractivity contribution in [1.29, 1.82) is 0 Å². The first-order valence-corrected chi connectivity index (χ1v) is 14.4. The van der Waals surface area contributed by atoms with Crippen molar-refractivity contribution in [1.82, 2.24) is 0 Å². The highest BCUT2D eigenvalue weighted by molar-refractivity contribution is 7.38. The van der Waals surface area contributed by atoms with Crippen LogP contribution in [0.5, 0.6) is 0 Å². The van der Waals surface area contributed by atoms with Crippen LogP contribution in [0, 0.1) is 0 Å². The van der Waals surface area contributed by atoms with Crippen LogP contribution in [-0.4, -0.2) is 40.5 Å². The van der Waals surface area contributed by atoms with Crippen LogP contribution < -0.4 is 0 Å². The van der Waals surface area contributed by atoms with Crippen LogP contribution in [0.1, 0.15) is 26.2 Å². The van der Waals surface area contributed by atoms with Crippen LogP contribution in [0.4, 0.5) is 0 Å². The Morgan fingerprint density at radius 2 is 1.89 bits per heavy atom. The Hall–Kier alpha value is 0.314. The normalized spacial score (nSPS) is 35.8. The van der Waals surface area contributed by atoms with E-state index in [0.29, 0.717) is 6.10 Å². The van der Waals surface area contributed by atoms with Gasteiger partial charge in [-0.1, -0.05) is 26.1 Å². The van der Waals surface area contributed by atoms with E-state index in [1.54, 1.807) is 0 Å². The Kier molecular flexibility index (Phi) is 4.38. The van der Waals surface area contributed by atoms with Gasteiger partial charge in [0.15, 0.2) is 14.1 Å². The van der Waals surface area contributed by atoms with E-state index in [2.05, 4.69) is 33.1 Å². The second kappa shape index (κ2) is 5.36. The predicted molar refractivity (Wildman–Crippen MR) is 78.8 cm³/mol. The summed E-state index contributed by atoms with van der Waals surface area (Å²) < 4.78 is 17.9. The summed E-state index contributed by atoms with van der Waals surface area (Å²) in [5.74, 6) is 0. The molecule has 0 spiro atoms. The molecule has 0 aromatic carbocycles. The monoisotopic (exact) mass is 288 g/mol. The quantitative estimate of drug-likeness (QED) is 0.743. The first-order chi connectivity index (χ1) is 8.36. The van der Waals surface area contributed by atoms with Gasteiger partial charge in [0.05, 0.1) is 26.4 Å². The molecule has 3 nitrogen and oxygen atoms in total. The fraction of sp³-hybridized carbons (Fsp3) is 1.00. The zero-order valence-electron chi connectivity index (χ0n) is 12.5. The zero-order valence-corrected chi connectivity index (χ0v) is 14.5. The molecule has 0 amide bonds. The number of rotatable bonds is 4. The van der Waals surface area contributed by atoms with Gasteiger partial charge in [0.25, 0.3) is 0 Å². The van der Waals surface area contributed by atoms with E-state index >= 15 is 0 Å². The SMILES string of the molecule is CCC(OC1CCO1)C1CC[Si](C)(C)[Si](C)(C)O1. The summed E-state index contributed by atoms with van der Waals surface area (Å²) in [5.41, 5.74) is 0. The summed E-state index contributed by atoms with van der Waals surface area (Å²) in [5, 5.41) is 0. The molecule has 0 bridgehead atoms. The Balaban J connectivity index is 1.95. The molecule has 2 rings (SSSR count). The molecular formula is C13H28O3Si2. The van der Waals surface area contributed by atoms with Gasteiger partial charge in [0.1, 0.15) is 0 Å². The summed E-state index contributed by atoms with van der Waals surface area (Å²) in [6, 6.07) is 1.39. The third-order valence-corrected chi connectivity index (χ3v) is 21.5. The van der Waals surface area contributed by atoms with Crippen molar-refractivity contribution in [2.24, 2.45) is 0 Å². The Morgan fingerprint density at radius 1 is 1.22 bits per heavy atom. The first kappa shape index (κ1) is 14.7. The largest absolute Gasteiger partial charge is 0.415 e. The van der Waals surface area contributed by atoms with Gasteiger partial charge < -0.3 is 13.9 Å². The van der Waals surface area contributed by atoms with Crippen LogP contribution >= 0.6 is 0 Å². The van der Waals surface area contributed by atoms with Gasteiger partial charge in [-0.3, -0.25) is 0 Å². The van der Waals surface area contributed by atoms with Crippen molar-refractivity contribution in [3.05, 3.63) is 0 Å². The summed E-state index contributed by atoms with van der Waals surface area (Å²) in [4.78, 5) is 0. The predicted octanol–water partition coefficient (Wildman–Crippen LogP) is 3.31. The molecule has 0 radical (unpaired) electrons. The molecular weight excluding hydrogens is 260 g/mol. The lowest BCUT2D eigenvalue weighted by atomic mass is 10.1. The highest BCUT2D eigenvalue weighted by Gasteiger charge is 2.49. The molecule has 0 aliphatic carbocycles. The molecule has 0 aromatic rings. The molecule has 0 aromatic heterocycles. The lowest BCUT2D eigenvalue weighted by molar-refractivity contribution is -0.248. The van der Waals surface area contributed by atoms with E-state index in [-0.39, 0.29) is 12.4 Å². The van der Waals surface area contributed by atoms with Crippen LogP contribution in [0.15, 0.2) is 0 Å². The lowest BCUT2D eigenvalue weighted by Gasteiger charge is -2.48. The van der Waals surface area contributed by atoms with Crippen LogP contribution in [0.25, 0.3) is 0 Å². The minimum absolute atomic E-state index is 0.0375. The van der Waals surface area contributed by atoms with E-state index < -0.39 is 15.4 Å². The molecule has 2 aliphatic heterocycles. The fourth-order valence-corrected chi connectivity index (χ4v) is 9.23. The topological polar surface area (TPSA) is 27.7 Å². The molecule has 0 saturated carbocycles. The van der Waals surface area contributed by atoms with Crippen molar-refractivity contribution in [2.45, 2.75) is 76.9 Å². The third kappa shape index (κ3) is 2.90. The van der Waals surface area contributed by atoms with E-state index in [4.69, 9.17) is 13.9 Å². The van der Waals surface area contributed by atoms with Gasteiger partial charge in [0, 0.05) is 6.42 Å². The third-order valence-electron chi connectivity index (χ3n) is 4.93. The van der Waals surface area contributed by atoms with Crippen molar-refractivity contribution in [2.75, 3.05) is 6.61 Å². The molecule has 2 saturated heterocycles. The first-order valence-electron chi connectivity index (χ1n) is 7.30. The van der Waals surface area contributed by atoms with Crippen molar-refractivity contribution in [3.8, 4) is 0 Å². The average Bonchev–Trinajstić information content (AvgIpc) is 2.21.